The minimum Gasteiger partial charge on any atom is -0.497 e. The third-order valence-electron chi connectivity index (χ3n) is 3.95. The lowest BCUT2D eigenvalue weighted by molar-refractivity contribution is 0.0985. The van der Waals surface area contributed by atoms with Crippen molar-refractivity contribution in [3.63, 3.8) is 0 Å². The van der Waals surface area contributed by atoms with Gasteiger partial charge in [-0.05, 0) is 23.8 Å². The SMILES string of the molecule is COc1ccc(NC(=O)NCC2N=NC(=O)c3ccccc32)c(OC)c1. The van der Waals surface area contributed by atoms with E-state index in [1.54, 1.807) is 37.4 Å². The van der Waals surface area contributed by atoms with Crippen molar-refractivity contribution in [3.05, 3.63) is 53.6 Å². The first-order valence-corrected chi connectivity index (χ1v) is 7.93. The van der Waals surface area contributed by atoms with Gasteiger partial charge in [0.05, 0.1) is 19.9 Å². The summed E-state index contributed by atoms with van der Waals surface area (Å²) >= 11 is 0. The molecule has 0 radical (unpaired) electrons. The first-order valence-electron chi connectivity index (χ1n) is 7.93. The fourth-order valence-corrected chi connectivity index (χ4v) is 2.63. The Morgan fingerprint density at radius 2 is 1.96 bits per heavy atom. The summed E-state index contributed by atoms with van der Waals surface area (Å²) < 4.78 is 10.4. The molecule has 8 nitrogen and oxygen atoms in total. The van der Waals surface area contributed by atoms with E-state index in [-0.39, 0.29) is 12.5 Å². The van der Waals surface area contributed by atoms with Gasteiger partial charge in [0.1, 0.15) is 17.5 Å². The van der Waals surface area contributed by atoms with Gasteiger partial charge in [0.2, 0.25) is 0 Å². The molecule has 1 heterocycles. The number of nitrogens with one attached hydrogen (secondary N) is 2. The summed E-state index contributed by atoms with van der Waals surface area (Å²) in [6.45, 7) is 0.206. The first-order chi connectivity index (χ1) is 12.6. The van der Waals surface area contributed by atoms with Crippen LogP contribution in [-0.2, 0) is 0 Å². The van der Waals surface area contributed by atoms with E-state index in [4.69, 9.17) is 9.47 Å². The second kappa shape index (κ2) is 7.64. The zero-order valence-corrected chi connectivity index (χ0v) is 14.4. The molecule has 26 heavy (non-hydrogen) atoms. The number of carbonyl (C=O) groups is 2. The van der Waals surface area contributed by atoms with Crippen LogP contribution in [0.1, 0.15) is 22.0 Å². The zero-order valence-electron chi connectivity index (χ0n) is 14.4. The Balaban J connectivity index is 1.65. The molecular formula is C18H18N4O4. The number of hydrogen-bond donors (Lipinski definition) is 2. The molecule has 2 aromatic carbocycles. The number of benzene rings is 2. The number of ether oxygens (including phenoxy) is 2. The molecule has 8 heteroatoms. The van der Waals surface area contributed by atoms with E-state index in [1.807, 2.05) is 12.1 Å². The predicted octanol–water partition coefficient (Wildman–Crippen LogP) is 3.17. The molecule has 0 saturated heterocycles. The van der Waals surface area contributed by atoms with Crippen LogP contribution in [0.15, 0.2) is 52.7 Å². The van der Waals surface area contributed by atoms with E-state index in [1.165, 1.54) is 7.11 Å². The summed E-state index contributed by atoms with van der Waals surface area (Å²) in [5, 5.41) is 13.1. The van der Waals surface area contributed by atoms with Crippen LogP contribution in [-0.4, -0.2) is 32.7 Å². The molecule has 1 atom stereocenters. The molecule has 2 aromatic rings. The van der Waals surface area contributed by atoms with E-state index in [0.717, 1.165) is 5.56 Å². The highest BCUT2D eigenvalue weighted by Crippen LogP contribution is 2.29. The van der Waals surface area contributed by atoms with Crippen molar-refractivity contribution >= 4 is 17.6 Å². The quantitative estimate of drug-likeness (QED) is 0.861. The van der Waals surface area contributed by atoms with Crippen LogP contribution in [0.3, 0.4) is 0 Å². The molecule has 0 saturated carbocycles. The van der Waals surface area contributed by atoms with Crippen molar-refractivity contribution in [3.8, 4) is 11.5 Å². The molecule has 1 unspecified atom stereocenters. The van der Waals surface area contributed by atoms with Crippen molar-refractivity contribution in [1.29, 1.82) is 0 Å². The molecular weight excluding hydrogens is 336 g/mol. The zero-order chi connectivity index (χ0) is 18.5. The number of fused-ring (bicyclic) bond motifs is 1. The van der Waals surface area contributed by atoms with Crippen molar-refractivity contribution in [2.45, 2.75) is 6.04 Å². The highest BCUT2D eigenvalue weighted by atomic mass is 16.5. The number of rotatable bonds is 5. The lowest BCUT2D eigenvalue weighted by Crippen LogP contribution is -2.33. The molecule has 2 N–H and O–H groups in total. The highest BCUT2D eigenvalue weighted by molar-refractivity contribution is 5.97. The van der Waals surface area contributed by atoms with Gasteiger partial charge in [-0.15, -0.1) is 5.11 Å². The number of carbonyl (C=O) groups excluding carboxylic acids is 2. The Morgan fingerprint density at radius 3 is 2.73 bits per heavy atom. The van der Waals surface area contributed by atoms with Crippen molar-refractivity contribution in [1.82, 2.24) is 5.32 Å². The van der Waals surface area contributed by atoms with E-state index >= 15 is 0 Å². The summed E-state index contributed by atoms with van der Waals surface area (Å²) in [6.07, 6.45) is 0. The van der Waals surface area contributed by atoms with E-state index in [2.05, 4.69) is 20.9 Å². The third kappa shape index (κ3) is 3.64. The topological polar surface area (TPSA) is 101 Å². The second-order valence-electron chi connectivity index (χ2n) is 5.52. The number of hydrogen-bond acceptors (Lipinski definition) is 5. The minimum atomic E-state index is -0.418. The van der Waals surface area contributed by atoms with Gasteiger partial charge >= 0.3 is 6.03 Å². The first kappa shape index (κ1) is 17.4. The Hall–Kier alpha value is -3.42. The molecule has 0 spiro atoms. The normalized spacial score (nSPS) is 15.2. The average molecular weight is 354 g/mol. The van der Waals surface area contributed by atoms with Crippen molar-refractivity contribution < 1.29 is 19.1 Å². The maximum atomic E-state index is 12.2. The summed E-state index contributed by atoms with van der Waals surface area (Å²) in [5.74, 6) is 0.730. The standard InChI is InChI=1S/C18H18N4O4/c1-25-11-7-8-14(16(9-11)26-2)20-18(24)19-10-15-12-5-3-4-6-13(12)17(23)22-21-15/h3-9,15H,10H2,1-2H3,(H2,19,20,24). The fourth-order valence-electron chi connectivity index (χ4n) is 2.63. The number of amides is 3. The number of methoxy groups -OCH3 is 2. The van der Waals surface area contributed by atoms with Gasteiger partial charge in [-0.2, -0.15) is 5.11 Å². The molecule has 1 aliphatic rings. The van der Waals surface area contributed by atoms with Crippen molar-refractivity contribution in [2.24, 2.45) is 10.2 Å². The lowest BCUT2D eigenvalue weighted by Gasteiger charge is -2.19. The molecule has 0 fully saturated rings. The average Bonchev–Trinajstić information content (AvgIpc) is 2.68. The van der Waals surface area contributed by atoms with Gasteiger partial charge in [0.15, 0.2) is 0 Å². The number of azo groups is 1. The molecule has 1 aliphatic heterocycles. The third-order valence-corrected chi connectivity index (χ3v) is 3.95. The summed E-state index contributed by atoms with van der Waals surface area (Å²) in [5.41, 5.74) is 1.76. The van der Waals surface area contributed by atoms with Crippen LogP contribution < -0.4 is 20.1 Å². The van der Waals surface area contributed by atoms with Crippen LogP contribution in [0.25, 0.3) is 0 Å². The summed E-state index contributed by atoms with van der Waals surface area (Å²) in [6, 6.07) is 11.3. The highest BCUT2D eigenvalue weighted by Gasteiger charge is 2.23. The largest absolute Gasteiger partial charge is 0.497 e. The van der Waals surface area contributed by atoms with E-state index in [9.17, 15) is 9.59 Å². The summed E-state index contributed by atoms with van der Waals surface area (Å²) in [4.78, 5) is 24.0. The smallest absolute Gasteiger partial charge is 0.319 e. The maximum absolute atomic E-state index is 12.2. The number of nitrogens with zero attached hydrogens (tertiary/aromatic N) is 2. The minimum absolute atomic E-state index is 0.206. The van der Waals surface area contributed by atoms with Crippen LogP contribution >= 0.6 is 0 Å². The van der Waals surface area contributed by atoms with Gasteiger partial charge in [-0.3, -0.25) is 4.79 Å². The van der Waals surface area contributed by atoms with E-state index in [0.29, 0.717) is 22.7 Å². The second-order valence-corrected chi connectivity index (χ2v) is 5.52. The molecule has 0 aromatic heterocycles. The van der Waals surface area contributed by atoms with Crippen LogP contribution in [0.4, 0.5) is 10.5 Å². The van der Waals surface area contributed by atoms with Gasteiger partial charge in [0, 0.05) is 18.2 Å². The number of anilines is 1. The van der Waals surface area contributed by atoms with Crippen LogP contribution in [0, 0.1) is 0 Å². The Morgan fingerprint density at radius 1 is 1.15 bits per heavy atom. The Kier molecular flexibility index (Phi) is 5.12. The van der Waals surface area contributed by atoms with Gasteiger partial charge in [-0.25, -0.2) is 4.79 Å². The van der Waals surface area contributed by atoms with Gasteiger partial charge < -0.3 is 20.1 Å². The van der Waals surface area contributed by atoms with Gasteiger partial charge in [0.25, 0.3) is 5.91 Å². The van der Waals surface area contributed by atoms with Crippen LogP contribution in [0.2, 0.25) is 0 Å². The Bertz CT molecular complexity index is 866. The maximum Gasteiger partial charge on any atom is 0.319 e. The fraction of sp³-hybridized carbons (Fsp3) is 0.222. The van der Waals surface area contributed by atoms with E-state index < -0.39 is 12.1 Å². The molecule has 3 rings (SSSR count). The molecule has 0 bridgehead atoms. The van der Waals surface area contributed by atoms with Crippen LogP contribution in [0.5, 0.6) is 11.5 Å². The Labute approximate surface area is 150 Å². The molecule has 3 amide bonds. The molecule has 134 valence electrons. The number of urea groups is 1. The van der Waals surface area contributed by atoms with Gasteiger partial charge in [-0.1, -0.05) is 18.2 Å². The van der Waals surface area contributed by atoms with Crippen molar-refractivity contribution in [2.75, 3.05) is 26.1 Å². The summed E-state index contributed by atoms with van der Waals surface area (Å²) in [7, 11) is 3.06. The lowest BCUT2D eigenvalue weighted by atomic mass is 9.99. The molecule has 0 aliphatic carbocycles. The predicted molar refractivity (Wildman–Crippen MR) is 94.9 cm³/mol. The monoisotopic (exact) mass is 354 g/mol.